The van der Waals surface area contributed by atoms with Gasteiger partial charge in [0.2, 0.25) is 11.8 Å². The van der Waals surface area contributed by atoms with Crippen molar-refractivity contribution in [3.63, 3.8) is 0 Å². The molecule has 1 aromatic rings. The van der Waals surface area contributed by atoms with Gasteiger partial charge in [-0.3, -0.25) is 19.3 Å². The fourth-order valence-electron chi connectivity index (χ4n) is 4.18. The summed E-state index contributed by atoms with van der Waals surface area (Å²) in [5, 5.41) is 2.68. The van der Waals surface area contributed by atoms with Crippen LogP contribution >= 0.6 is 0 Å². The molecule has 0 bridgehead atoms. The summed E-state index contributed by atoms with van der Waals surface area (Å²) in [5.74, 6) is -2.46. The summed E-state index contributed by atoms with van der Waals surface area (Å²) in [7, 11) is 0. The first-order valence-electron chi connectivity index (χ1n) is 10.5. The smallest absolute Gasteiger partial charge is 0.329 e. The maximum absolute atomic E-state index is 12.6. The van der Waals surface area contributed by atoms with Crippen LogP contribution in [-0.2, 0) is 29.3 Å². The number of hydrogen-bond donors (Lipinski definition) is 1. The summed E-state index contributed by atoms with van der Waals surface area (Å²) in [5.41, 5.74) is 1.75. The minimum atomic E-state index is -1.03. The van der Waals surface area contributed by atoms with E-state index in [0.717, 1.165) is 23.3 Å². The third-order valence-corrected chi connectivity index (χ3v) is 5.98. The zero-order chi connectivity index (χ0) is 22.1. The molecule has 2 aliphatic rings. The molecule has 1 heterocycles. The molecule has 3 atom stereocenters. The zero-order valence-electron chi connectivity index (χ0n) is 18.1. The Morgan fingerprint density at radius 1 is 1.07 bits per heavy atom. The van der Waals surface area contributed by atoms with Gasteiger partial charge in [0.1, 0.15) is 6.04 Å². The molecule has 1 saturated carbocycles. The summed E-state index contributed by atoms with van der Waals surface area (Å²) in [4.78, 5) is 50.7. The number of anilines is 1. The topological polar surface area (TPSA) is 92.8 Å². The van der Waals surface area contributed by atoms with Crippen molar-refractivity contribution in [2.75, 3.05) is 11.9 Å². The lowest BCUT2D eigenvalue weighted by Crippen LogP contribution is -2.45. The lowest BCUT2D eigenvalue weighted by molar-refractivity contribution is -0.159. The number of carbonyl (C=O) groups excluding carboxylic acids is 4. The highest BCUT2D eigenvalue weighted by atomic mass is 16.5. The Hall–Kier alpha value is -2.70. The number of nitrogens with zero attached hydrogens (tertiary/aromatic N) is 1. The van der Waals surface area contributed by atoms with Crippen molar-refractivity contribution in [1.82, 2.24) is 4.90 Å². The first-order valence-corrected chi connectivity index (χ1v) is 10.5. The van der Waals surface area contributed by atoms with Crippen LogP contribution in [0.25, 0.3) is 0 Å². The number of likely N-dealkylation sites (tertiary alicyclic amines) is 1. The second-order valence-electron chi connectivity index (χ2n) is 9.20. The molecule has 1 saturated heterocycles. The number of benzene rings is 1. The van der Waals surface area contributed by atoms with Gasteiger partial charge in [-0.1, -0.05) is 45.7 Å². The molecule has 3 amide bonds. The standard InChI is InChI=1S/C23H30N2O5/c1-14(25-20(27)17-7-5-6-8-18(17)21(25)28)22(29)30-13-19(26)24-16-11-9-15(10-12-16)23(2,3)4/h9-12,14,17-18H,5-8,13H2,1-4H3,(H,24,26)/t14-,17-,18-/m0/s1. The van der Waals surface area contributed by atoms with Crippen LogP contribution in [0, 0.1) is 11.8 Å². The average molecular weight is 415 g/mol. The van der Waals surface area contributed by atoms with Crippen LogP contribution in [-0.4, -0.2) is 41.2 Å². The van der Waals surface area contributed by atoms with E-state index in [1.165, 1.54) is 6.92 Å². The number of fused-ring (bicyclic) bond motifs is 1. The Balaban J connectivity index is 1.53. The molecule has 30 heavy (non-hydrogen) atoms. The van der Waals surface area contributed by atoms with E-state index in [1.54, 1.807) is 12.1 Å². The minimum Gasteiger partial charge on any atom is -0.454 e. The van der Waals surface area contributed by atoms with Crippen LogP contribution < -0.4 is 5.32 Å². The number of ether oxygens (including phenoxy) is 1. The van der Waals surface area contributed by atoms with E-state index in [0.29, 0.717) is 18.5 Å². The van der Waals surface area contributed by atoms with E-state index < -0.39 is 24.5 Å². The van der Waals surface area contributed by atoms with Gasteiger partial charge in [-0.15, -0.1) is 0 Å². The number of imide groups is 1. The highest BCUT2D eigenvalue weighted by molar-refractivity contribution is 6.08. The number of nitrogens with one attached hydrogen (secondary N) is 1. The van der Waals surface area contributed by atoms with E-state index in [9.17, 15) is 19.2 Å². The van der Waals surface area contributed by atoms with E-state index >= 15 is 0 Å². The third-order valence-electron chi connectivity index (χ3n) is 5.98. The second-order valence-corrected chi connectivity index (χ2v) is 9.20. The van der Waals surface area contributed by atoms with Crippen LogP contribution in [0.4, 0.5) is 5.69 Å². The van der Waals surface area contributed by atoms with Crippen LogP contribution in [0.3, 0.4) is 0 Å². The number of rotatable bonds is 5. The Kier molecular flexibility index (Phi) is 6.29. The van der Waals surface area contributed by atoms with Crippen molar-refractivity contribution in [2.24, 2.45) is 11.8 Å². The number of hydrogen-bond acceptors (Lipinski definition) is 5. The molecule has 3 rings (SSSR count). The first kappa shape index (κ1) is 22.0. The van der Waals surface area contributed by atoms with E-state index in [-0.39, 0.29) is 29.1 Å². The molecule has 7 nitrogen and oxygen atoms in total. The summed E-state index contributed by atoms with van der Waals surface area (Å²) in [6.07, 6.45) is 3.21. The van der Waals surface area contributed by atoms with Gasteiger partial charge in [-0.05, 0) is 42.9 Å². The Morgan fingerprint density at radius 2 is 1.60 bits per heavy atom. The predicted octanol–water partition coefficient (Wildman–Crippen LogP) is 3.03. The molecule has 1 N–H and O–H groups in total. The summed E-state index contributed by atoms with van der Waals surface area (Å²) < 4.78 is 5.08. The van der Waals surface area contributed by atoms with E-state index in [1.807, 2.05) is 12.1 Å². The molecule has 1 aliphatic carbocycles. The van der Waals surface area contributed by atoms with Gasteiger partial charge >= 0.3 is 5.97 Å². The first-order chi connectivity index (χ1) is 14.1. The maximum Gasteiger partial charge on any atom is 0.329 e. The van der Waals surface area contributed by atoms with Gasteiger partial charge in [0.15, 0.2) is 6.61 Å². The van der Waals surface area contributed by atoms with Gasteiger partial charge < -0.3 is 10.1 Å². The molecule has 0 aromatic heterocycles. The van der Waals surface area contributed by atoms with Gasteiger partial charge in [-0.2, -0.15) is 0 Å². The van der Waals surface area contributed by atoms with Crippen LogP contribution in [0.5, 0.6) is 0 Å². The van der Waals surface area contributed by atoms with Crippen LogP contribution in [0.1, 0.15) is 58.9 Å². The highest BCUT2D eigenvalue weighted by Gasteiger charge is 2.51. The molecular weight excluding hydrogens is 384 g/mol. The van der Waals surface area contributed by atoms with Crippen LogP contribution in [0.15, 0.2) is 24.3 Å². The molecular formula is C23H30N2O5. The third kappa shape index (κ3) is 4.55. The number of carbonyl (C=O) groups is 4. The van der Waals surface area contributed by atoms with Crippen molar-refractivity contribution >= 4 is 29.4 Å². The fourth-order valence-corrected chi connectivity index (χ4v) is 4.18. The predicted molar refractivity (Wildman–Crippen MR) is 111 cm³/mol. The molecule has 7 heteroatoms. The monoisotopic (exact) mass is 414 g/mol. The Morgan fingerprint density at radius 3 is 2.10 bits per heavy atom. The maximum atomic E-state index is 12.6. The van der Waals surface area contributed by atoms with E-state index in [2.05, 4.69) is 26.1 Å². The van der Waals surface area contributed by atoms with Crippen molar-refractivity contribution in [2.45, 2.75) is 64.8 Å². The lowest BCUT2D eigenvalue weighted by atomic mass is 9.81. The average Bonchev–Trinajstić information content (AvgIpc) is 2.96. The Labute approximate surface area is 177 Å². The second kappa shape index (κ2) is 8.58. The molecule has 0 radical (unpaired) electrons. The molecule has 1 aromatic carbocycles. The summed E-state index contributed by atoms with van der Waals surface area (Å²) in [6, 6.07) is 6.44. The van der Waals surface area contributed by atoms with Crippen LogP contribution in [0.2, 0.25) is 0 Å². The molecule has 0 spiro atoms. The largest absolute Gasteiger partial charge is 0.454 e. The molecule has 0 unspecified atom stereocenters. The zero-order valence-corrected chi connectivity index (χ0v) is 18.1. The quantitative estimate of drug-likeness (QED) is 0.591. The molecule has 162 valence electrons. The van der Waals surface area contributed by atoms with Gasteiger partial charge in [0.25, 0.3) is 5.91 Å². The van der Waals surface area contributed by atoms with Crippen molar-refractivity contribution in [3.05, 3.63) is 29.8 Å². The summed E-state index contributed by atoms with van der Waals surface area (Å²) >= 11 is 0. The number of amides is 3. The lowest BCUT2D eigenvalue weighted by Gasteiger charge is -2.21. The van der Waals surface area contributed by atoms with Crippen molar-refractivity contribution in [1.29, 1.82) is 0 Å². The van der Waals surface area contributed by atoms with E-state index in [4.69, 9.17) is 4.74 Å². The highest BCUT2D eigenvalue weighted by Crippen LogP contribution is 2.38. The van der Waals surface area contributed by atoms with Gasteiger partial charge in [0.05, 0.1) is 11.8 Å². The summed E-state index contributed by atoms with van der Waals surface area (Å²) in [6.45, 7) is 7.30. The van der Waals surface area contributed by atoms with Crippen molar-refractivity contribution in [3.8, 4) is 0 Å². The number of esters is 1. The normalized spacial score (nSPS) is 22.5. The van der Waals surface area contributed by atoms with Gasteiger partial charge in [0, 0.05) is 5.69 Å². The molecule has 1 aliphatic heterocycles. The molecule has 2 fully saturated rings. The fraction of sp³-hybridized carbons (Fsp3) is 0.565. The van der Waals surface area contributed by atoms with Crippen molar-refractivity contribution < 1.29 is 23.9 Å². The van der Waals surface area contributed by atoms with Gasteiger partial charge in [-0.25, -0.2) is 4.79 Å². The minimum absolute atomic E-state index is 0.0101. The Bertz CT molecular complexity index is 816. The SMILES string of the molecule is C[C@@H](C(=O)OCC(=O)Nc1ccc(C(C)(C)C)cc1)N1C(=O)[C@H]2CCCC[C@@H]2C1=O.